The molecule has 0 radical (unpaired) electrons. The molecule has 0 atom stereocenters. The van der Waals surface area contributed by atoms with Crippen LogP contribution in [0.5, 0.6) is 0 Å². The molecular weight excluding hydrogens is 354 g/mol. The molecule has 9 heteroatoms. The van der Waals surface area contributed by atoms with E-state index >= 15 is 0 Å². The van der Waals surface area contributed by atoms with Crippen LogP contribution in [0.25, 0.3) is 10.2 Å². The van der Waals surface area contributed by atoms with E-state index in [1.54, 1.807) is 16.0 Å². The molecule has 4 heterocycles. The molecule has 1 aliphatic heterocycles. The molecule has 3 aromatic heterocycles. The summed E-state index contributed by atoms with van der Waals surface area (Å²) in [6, 6.07) is 0. The second-order valence-electron chi connectivity index (χ2n) is 6.43. The number of hydrogen-bond donors (Lipinski definition) is 0. The van der Waals surface area contributed by atoms with Crippen molar-refractivity contribution in [3.05, 3.63) is 16.3 Å². The van der Waals surface area contributed by atoms with Gasteiger partial charge in [-0.1, -0.05) is 6.42 Å². The highest BCUT2D eigenvalue weighted by Crippen LogP contribution is 2.37. The maximum Gasteiger partial charge on any atom is 0.215 e. The van der Waals surface area contributed by atoms with E-state index in [4.69, 9.17) is 9.97 Å². The lowest BCUT2D eigenvalue weighted by Crippen LogP contribution is -2.29. The summed E-state index contributed by atoms with van der Waals surface area (Å²) >= 11 is 3.26. The van der Waals surface area contributed by atoms with Gasteiger partial charge in [-0.05, 0) is 67.5 Å². The summed E-state index contributed by atoms with van der Waals surface area (Å²) < 4.78 is 1.68. The molecule has 0 unspecified atom stereocenters. The monoisotopic (exact) mass is 375 g/mol. The van der Waals surface area contributed by atoms with Crippen molar-refractivity contribution >= 4 is 33.3 Å². The SMILES string of the molecule is Cc1sc2nc(CN3CCCCC3)nc(Sc3nnnn3C)c2c1C. The van der Waals surface area contributed by atoms with Gasteiger partial charge < -0.3 is 0 Å². The number of rotatable bonds is 4. The molecule has 0 bridgehead atoms. The number of likely N-dealkylation sites (tertiary alicyclic amines) is 1. The number of aromatic nitrogens is 6. The Bertz CT molecular complexity index is 895. The molecule has 0 N–H and O–H groups in total. The highest BCUT2D eigenvalue weighted by atomic mass is 32.2. The summed E-state index contributed by atoms with van der Waals surface area (Å²) in [5, 5.41) is 14.6. The molecule has 0 saturated carbocycles. The summed E-state index contributed by atoms with van der Waals surface area (Å²) in [5.41, 5.74) is 1.25. The summed E-state index contributed by atoms with van der Waals surface area (Å²) in [6.45, 7) is 7.38. The molecule has 1 saturated heterocycles. The Hall–Kier alpha value is -1.58. The lowest BCUT2D eigenvalue weighted by Gasteiger charge is -2.25. The van der Waals surface area contributed by atoms with Crippen LogP contribution in [-0.2, 0) is 13.6 Å². The molecule has 25 heavy (non-hydrogen) atoms. The van der Waals surface area contributed by atoms with Crippen molar-refractivity contribution in [2.24, 2.45) is 7.05 Å². The molecule has 7 nitrogen and oxygen atoms in total. The minimum Gasteiger partial charge on any atom is -0.296 e. The fraction of sp³-hybridized carbons (Fsp3) is 0.562. The Balaban J connectivity index is 1.73. The van der Waals surface area contributed by atoms with Gasteiger partial charge in [0.25, 0.3) is 0 Å². The maximum absolute atomic E-state index is 4.89. The van der Waals surface area contributed by atoms with E-state index in [9.17, 15) is 0 Å². The molecule has 3 aromatic rings. The van der Waals surface area contributed by atoms with E-state index < -0.39 is 0 Å². The summed E-state index contributed by atoms with van der Waals surface area (Å²) in [5.74, 6) is 0.897. The second kappa shape index (κ2) is 6.97. The Morgan fingerprint density at radius 1 is 1.12 bits per heavy atom. The maximum atomic E-state index is 4.89. The topological polar surface area (TPSA) is 72.6 Å². The summed E-state index contributed by atoms with van der Waals surface area (Å²) in [4.78, 5) is 14.6. The smallest absolute Gasteiger partial charge is 0.215 e. The zero-order valence-electron chi connectivity index (χ0n) is 14.7. The third-order valence-electron chi connectivity index (χ3n) is 4.62. The van der Waals surface area contributed by atoms with Gasteiger partial charge >= 0.3 is 0 Å². The van der Waals surface area contributed by atoms with E-state index in [1.807, 2.05) is 7.05 Å². The van der Waals surface area contributed by atoms with Crippen LogP contribution in [-0.4, -0.2) is 48.2 Å². The third-order valence-corrected chi connectivity index (χ3v) is 6.74. The van der Waals surface area contributed by atoms with Crippen LogP contribution in [0, 0.1) is 13.8 Å². The van der Waals surface area contributed by atoms with Crippen molar-refractivity contribution in [1.29, 1.82) is 0 Å². The van der Waals surface area contributed by atoms with Crippen molar-refractivity contribution in [3.8, 4) is 0 Å². The molecule has 0 aromatic carbocycles. The summed E-state index contributed by atoms with van der Waals surface area (Å²) in [7, 11) is 1.85. The highest BCUT2D eigenvalue weighted by molar-refractivity contribution is 7.99. The van der Waals surface area contributed by atoms with Crippen LogP contribution in [0.15, 0.2) is 10.2 Å². The third kappa shape index (κ3) is 3.40. The van der Waals surface area contributed by atoms with E-state index in [0.717, 1.165) is 45.9 Å². The Morgan fingerprint density at radius 3 is 2.64 bits per heavy atom. The number of aryl methyl sites for hydroxylation is 3. The van der Waals surface area contributed by atoms with Gasteiger partial charge in [-0.3, -0.25) is 4.90 Å². The van der Waals surface area contributed by atoms with Gasteiger partial charge in [-0.2, -0.15) is 0 Å². The average Bonchev–Trinajstić information content (AvgIpc) is 3.12. The lowest BCUT2D eigenvalue weighted by atomic mass is 10.1. The minimum absolute atomic E-state index is 0.743. The van der Waals surface area contributed by atoms with Gasteiger partial charge in [-0.25, -0.2) is 14.6 Å². The second-order valence-corrected chi connectivity index (χ2v) is 8.59. The number of nitrogens with zero attached hydrogens (tertiary/aromatic N) is 7. The van der Waals surface area contributed by atoms with Crippen molar-refractivity contribution in [2.75, 3.05) is 13.1 Å². The molecule has 0 amide bonds. The number of hydrogen-bond acceptors (Lipinski definition) is 8. The van der Waals surface area contributed by atoms with Crippen LogP contribution >= 0.6 is 23.1 Å². The largest absolute Gasteiger partial charge is 0.296 e. The lowest BCUT2D eigenvalue weighted by molar-refractivity contribution is 0.216. The summed E-state index contributed by atoms with van der Waals surface area (Å²) in [6.07, 6.45) is 3.87. The molecule has 1 fully saturated rings. The van der Waals surface area contributed by atoms with Gasteiger partial charge in [0.15, 0.2) is 0 Å². The molecule has 1 aliphatic rings. The highest BCUT2D eigenvalue weighted by Gasteiger charge is 2.19. The molecule has 4 rings (SSSR count). The zero-order chi connectivity index (χ0) is 17.4. The fourth-order valence-corrected chi connectivity index (χ4v) is 5.15. The van der Waals surface area contributed by atoms with Crippen LogP contribution < -0.4 is 0 Å². The van der Waals surface area contributed by atoms with Gasteiger partial charge in [0, 0.05) is 17.3 Å². The molecular formula is C16H21N7S2. The van der Waals surface area contributed by atoms with Crippen LogP contribution in [0.2, 0.25) is 0 Å². The molecule has 0 spiro atoms. The first-order valence-electron chi connectivity index (χ1n) is 8.51. The van der Waals surface area contributed by atoms with E-state index in [1.165, 1.54) is 41.5 Å². The van der Waals surface area contributed by atoms with E-state index in [0.29, 0.717) is 0 Å². The first-order valence-corrected chi connectivity index (χ1v) is 10.1. The predicted octanol–water partition coefficient (Wildman–Crippen LogP) is 2.97. The number of fused-ring (bicyclic) bond motifs is 1. The molecule has 132 valence electrons. The predicted molar refractivity (Wildman–Crippen MR) is 98.9 cm³/mol. The molecule has 0 aliphatic carbocycles. The van der Waals surface area contributed by atoms with Crippen LogP contribution in [0.4, 0.5) is 0 Å². The van der Waals surface area contributed by atoms with Crippen molar-refractivity contribution < 1.29 is 0 Å². The van der Waals surface area contributed by atoms with Gasteiger partial charge in [0.05, 0.1) is 6.54 Å². The quantitative estimate of drug-likeness (QED) is 0.649. The van der Waals surface area contributed by atoms with Crippen molar-refractivity contribution in [1.82, 2.24) is 35.1 Å². The minimum atomic E-state index is 0.743. The number of thiophene rings is 1. The normalized spacial score (nSPS) is 16.0. The Kier molecular flexibility index (Phi) is 4.70. The van der Waals surface area contributed by atoms with E-state index in [2.05, 4.69) is 34.3 Å². The van der Waals surface area contributed by atoms with Crippen LogP contribution in [0.1, 0.15) is 35.5 Å². The first-order chi connectivity index (χ1) is 12.1. The van der Waals surface area contributed by atoms with Gasteiger partial charge in [-0.15, -0.1) is 16.4 Å². The van der Waals surface area contributed by atoms with Gasteiger partial charge in [0.1, 0.15) is 15.7 Å². The average molecular weight is 376 g/mol. The first kappa shape index (κ1) is 16.9. The fourth-order valence-electron chi connectivity index (χ4n) is 3.11. The van der Waals surface area contributed by atoms with Crippen molar-refractivity contribution in [3.63, 3.8) is 0 Å². The number of piperidine rings is 1. The van der Waals surface area contributed by atoms with Crippen LogP contribution in [0.3, 0.4) is 0 Å². The van der Waals surface area contributed by atoms with Gasteiger partial charge in [0.2, 0.25) is 5.16 Å². The van der Waals surface area contributed by atoms with Crippen molar-refractivity contribution in [2.45, 2.75) is 49.8 Å². The standard InChI is InChI=1S/C16H21N7S2/c1-10-11(2)24-14-13(10)15(25-16-19-20-21-22(16)3)18-12(17-14)9-23-7-5-4-6-8-23/h4-9H2,1-3H3. The Morgan fingerprint density at radius 2 is 1.92 bits per heavy atom. The Labute approximate surface area is 154 Å². The van der Waals surface area contributed by atoms with E-state index in [-0.39, 0.29) is 0 Å². The zero-order valence-corrected chi connectivity index (χ0v) is 16.3. The number of tetrazole rings is 1.